The van der Waals surface area contributed by atoms with E-state index >= 15 is 0 Å². The lowest BCUT2D eigenvalue weighted by molar-refractivity contribution is 0.256. The minimum atomic E-state index is -0.0939. The molecule has 0 amide bonds. The monoisotopic (exact) mass is 347 g/mol. The lowest BCUT2D eigenvalue weighted by atomic mass is 10.1. The second-order valence-electron chi connectivity index (χ2n) is 6.38. The molecule has 0 spiro atoms. The van der Waals surface area contributed by atoms with E-state index in [1.807, 2.05) is 12.1 Å². The maximum absolute atomic E-state index is 9.65. The molecule has 0 fully saturated rings. The van der Waals surface area contributed by atoms with Crippen molar-refractivity contribution in [3.05, 3.63) is 23.3 Å². The quantitative estimate of drug-likeness (QED) is 0.472. The number of nitrogens with zero attached hydrogens (tertiary/aromatic N) is 1. The molecule has 0 bridgehead atoms. The summed E-state index contributed by atoms with van der Waals surface area (Å²) in [6, 6.07) is 5.87. The van der Waals surface area contributed by atoms with Crippen molar-refractivity contribution < 1.29 is 14.6 Å². The zero-order valence-electron chi connectivity index (χ0n) is 15.9. The van der Waals surface area contributed by atoms with Crippen LogP contribution in [0, 0.1) is 11.3 Å². The third-order valence-electron chi connectivity index (χ3n) is 4.19. The predicted molar refractivity (Wildman–Crippen MR) is 101 cm³/mol. The highest BCUT2D eigenvalue weighted by atomic mass is 16.5. The molecule has 0 saturated carbocycles. The molecule has 0 aliphatic carbocycles. The summed E-state index contributed by atoms with van der Waals surface area (Å²) in [5.74, 6) is 1.36. The van der Waals surface area contributed by atoms with Crippen LogP contribution in [0.25, 0.3) is 0 Å². The van der Waals surface area contributed by atoms with Crippen molar-refractivity contribution in [1.82, 2.24) is 0 Å². The van der Waals surface area contributed by atoms with E-state index in [-0.39, 0.29) is 13.0 Å². The molecule has 0 radical (unpaired) electrons. The van der Waals surface area contributed by atoms with Crippen LogP contribution in [0.5, 0.6) is 11.5 Å². The average Bonchev–Trinajstić information content (AvgIpc) is 2.62. The molecule has 140 valence electrons. The number of unbranched alkanes of at least 4 members (excludes halogenated alkanes) is 6. The van der Waals surface area contributed by atoms with Crippen molar-refractivity contribution in [2.75, 3.05) is 13.2 Å². The standard InChI is InChI=1S/C21H33NO3/c1-3-5-7-9-13-24-20-16-19(17-23)21(15-18(20)11-12-22)25-14-10-8-6-4-2/h15-16,23H,3-11,13-14,17H2,1-2H3. The Hall–Kier alpha value is -1.73. The predicted octanol–water partition coefficient (Wildman–Crippen LogP) is 5.16. The molecule has 4 nitrogen and oxygen atoms in total. The Labute approximate surface area is 152 Å². The highest BCUT2D eigenvalue weighted by molar-refractivity contribution is 5.47. The smallest absolute Gasteiger partial charge is 0.125 e. The first-order valence-electron chi connectivity index (χ1n) is 9.66. The lowest BCUT2D eigenvalue weighted by Crippen LogP contribution is -2.05. The Bertz CT molecular complexity index is 523. The zero-order chi connectivity index (χ0) is 18.3. The van der Waals surface area contributed by atoms with Crippen molar-refractivity contribution in [2.45, 2.75) is 78.2 Å². The summed E-state index contributed by atoms with van der Waals surface area (Å²) in [5.41, 5.74) is 1.56. The van der Waals surface area contributed by atoms with Gasteiger partial charge in [0, 0.05) is 11.1 Å². The van der Waals surface area contributed by atoms with E-state index in [1.54, 1.807) is 0 Å². The summed E-state index contributed by atoms with van der Waals surface area (Å²) >= 11 is 0. The van der Waals surface area contributed by atoms with Crippen LogP contribution in [-0.2, 0) is 13.0 Å². The normalized spacial score (nSPS) is 10.5. The number of nitriles is 1. The first kappa shape index (κ1) is 21.3. The van der Waals surface area contributed by atoms with Crippen LogP contribution in [0.2, 0.25) is 0 Å². The summed E-state index contributed by atoms with van der Waals surface area (Å²) < 4.78 is 11.7. The summed E-state index contributed by atoms with van der Waals surface area (Å²) in [6.07, 6.45) is 9.39. The molecule has 4 heteroatoms. The molecule has 1 N–H and O–H groups in total. The second-order valence-corrected chi connectivity index (χ2v) is 6.38. The van der Waals surface area contributed by atoms with E-state index in [0.29, 0.717) is 24.7 Å². The first-order chi connectivity index (χ1) is 12.3. The topological polar surface area (TPSA) is 62.5 Å². The minimum Gasteiger partial charge on any atom is -0.493 e. The summed E-state index contributed by atoms with van der Waals surface area (Å²) in [5, 5.41) is 18.7. The second kappa shape index (κ2) is 13.5. The zero-order valence-corrected chi connectivity index (χ0v) is 15.9. The van der Waals surface area contributed by atoms with Gasteiger partial charge in [0.2, 0.25) is 0 Å². The number of benzene rings is 1. The number of aliphatic hydroxyl groups is 1. The molecule has 1 rings (SSSR count). The molecule has 0 saturated heterocycles. The van der Waals surface area contributed by atoms with Crippen molar-refractivity contribution in [3.8, 4) is 17.6 Å². The van der Waals surface area contributed by atoms with Crippen LogP contribution in [-0.4, -0.2) is 18.3 Å². The molecule has 1 aromatic rings. The van der Waals surface area contributed by atoms with Gasteiger partial charge in [-0.25, -0.2) is 0 Å². The number of rotatable bonds is 14. The van der Waals surface area contributed by atoms with Gasteiger partial charge in [-0.3, -0.25) is 0 Å². The Morgan fingerprint density at radius 2 is 1.36 bits per heavy atom. The van der Waals surface area contributed by atoms with E-state index < -0.39 is 0 Å². The van der Waals surface area contributed by atoms with Gasteiger partial charge in [-0.2, -0.15) is 5.26 Å². The number of hydrogen-bond acceptors (Lipinski definition) is 4. The largest absolute Gasteiger partial charge is 0.493 e. The van der Waals surface area contributed by atoms with Crippen molar-refractivity contribution in [1.29, 1.82) is 5.26 Å². The van der Waals surface area contributed by atoms with E-state index in [9.17, 15) is 5.11 Å². The number of hydrogen-bond donors (Lipinski definition) is 1. The van der Waals surface area contributed by atoms with E-state index in [1.165, 1.54) is 25.7 Å². The van der Waals surface area contributed by atoms with Crippen LogP contribution in [0.1, 0.15) is 76.3 Å². The molecule has 0 atom stereocenters. The summed E-state index contributed by atoms with van der Waals surface area (Å²) in [4.78, 5) is 0. The third kappa shape index (κ3) is 8.27. The van der Waals surface area contributed by atoms with Crippen LogP contribution in [0.4, 0.5) is 0 Å². The van der Waals surface area contributed by atoms with Crippen LogP contribution >= 0.6 is 0 Å². The number of ether oxygens (including phenoxy) is 2. The molecule has 0 unspecified atom stereocenters. The van der Waals surface area contributed by atoms with Gasteiger partial charge in [-0.05, 0) is 25.0 Å². The van der Waals surface area contributed by atoms with Gasteiger partial charge in [0.05, 0.1) is 32.3 Å². The Kier molecular flexibility index (Phi) is 11.6. The lowest BCUT2D eigenvalue weighted by Gasteiger charge is -2.16. The fourth-order valence-corrected chi connectivity index (χ4v) is 2.68. The van der Waals surface area contributed by atoms with Gasteiger partial charge in [0.1, 0.15) is 11.5 Å². The Morgan fingerprint density at radius 3 is 1.84 bits per heavy atom. The summed E-state index contributed by atoms with van der Waals surface area (Å²) in [7, 11) is 0. The molecule has 25 heavy (non-hydrogen) atoms. The summed E-state index contributed by atoms with van der Waals surface area (Å²) in [6.45, 7) is 5.54. The highest BCUT2D eigenvalue weighted by Crippen LogP contribution is 2.30. The van der Waals surface area contributed by atoms with E-state index in [0.717, 1.165) is 36.8 Å². The molecule has 1 aromatic carbocycles. The fraction of sp³-hybridized carbons (Fsp3) is 0.667. The maximum atomic E-state index is 9.65. The minimum absolute atomic E-state index is 0.0939. The van der Waals surface area contributed by atoms with Crippen LogP contribution < -0.4 is 9.47 Å². The molecule has 0 aliphatic rings. The van der Waals surface area contributed by atoms with Crippen LogP contribution in [0.3, 0.4) is 0 Å². The molecule has 0 heterocycles. The van der Waals surface area contributed by atoms with Gasteiger partial charge >= 0.3 is 0 Å². The molecular weight excluding hydrogens is 314 g/mol. The van der Waals surface area contributed by atoms with E-state index in [2.05, 4.69) is 19.9 Å². The van der Waals surface area contributed by atoms with Crippen molar-refractivity contribution in [3.63, 3.8) is 0 Å². The van der Waals surface area contributed by atoms with E-state index in [4.69, 9.17) is 14.7 Å². The number of aliphatic hydroxyl groups excluding tert-OH is 1. The SMILES string of the molecule is CCCCCCOc1cc(CC#N)c(OCCCCCC)cc1CO. The van der Waals surface area contributed by atoms with Gasteiger partial charge in [-0.15, -0.1) is 0 Å². The third-order valence-corrected chi connectivity index (χ3v) is 4.19. The van der Waals surface area contributed by atoms with Gasteiger partial charge < -0.3 is 14.6 Å². The average molecular weight is 347 g/mol. The van der Waals surface area contributed by atoms with Gasteiger partial charge in [-0.1, -0.05) is 52.4 Å². The Morgan fingerprint density at radius 1 is 0.840 bits per heavy atom. The highest BCUT2D eigenvalue weighted by Gasteiger charge is 2.12. The molecule has 0 aromatic heterocycles. The molecular formula is C21H33NO3. The van der Waals surface area contributed by atoms with Gasteiger partial charge in [0.15, 0.2) is 0 Å². The van der Waals surface area contributed by atoms with Crippen molar-refractivity contribution in [2.24, 2.45) is 0 Å². The maximum Gasteiger partial charge on any atom is 0.125 e. The molecule has 0 aliphatic heterocycles. The Balaban J connectivity index is 2.72. The fourth-order valence-electron chi connectivity index (χ4n) is 2.68. The van der Waals surface area contributed by atoms with Gasteiger partial charge in [0.25, 0.3) is 0 Å². The van der Waals surface area contributed by atoms with Crippen molar-refractivity contribution >= 4 is 0 Å². The van der Waals surface area contributed by atoms with Crippen LogP contribution in [0.15, 0.2) is 12.1 Å². The first-order valence-corrected chi connectivity index (χ1v) is 9.66.